The molecule has 2 rings (SSSR count). The van der Waals surface area contributed by atoms with Gasteiger partial charge in [-0.15, -0.1) is 12.4 Å². The number of aryl methyl sites for hydroxylation is 1. The molecule has 1 aromatic carbocycles. The number of benzene rings is 1. The van der Waals surface area contributed by atoms with Crippen LogP contribution < -0.4 is 5.32 Å². The van der Waals surface area contributed by atoms with Crippen molar-refractivity contribution in [3.8, 4) is 0 Å². The molecule has 1 aliphatic carbocycles. The number of rotatable bonds is 3. The predicted molar refractivity (Wildman–Crippen MR) is 71.4 cm³/mol. The summed E-state index contributed by atoms with van der Waals surface area (Å²) in [5, 5.41) is 2.90. The van der Waals surface area contributed by atoms with Gasteiger partial charge >= 0.3 is 0 Å². The minimum atomic E-state index is 0. The van der Waals surface area contributed by atoms with Crippen molar-refractivity contribution in [1.82, 2.24) is 10.2 Å². The standard InChI is InChI=1S/C13H18N2O.ClH/c1-14-9-13(16)15(2)12-8-7-10-5-3-4-6-11(10)12;/h3-6,12,14H,7-9H2,1-2H3;1H. The van der Waals surface area contributed by atoms with E-state index < -0.39 is 0 Å². The third kappa shape index (κ3) is 2.79. The molecule has 0 saturated heterocycles. The number of carbonyl (C=O) groups excluding carboxylic acids is 1. The molecule has 94 valence electrons. The van der Waals surface area contributed by atoms with E-state index in [1.54, 1.807) is 7.05 Å². The van der Waals surface area contributed by atoms with Gasteiger partial charge in [0, 0.05) is 7.05 Å². The molecule has 0 saturated carbocycles. The lowest BCUT2D eigenvalue weighted by Gasteiger charge is -2.25. The molecule has 1 amide bonds. The van der Waals surface area contributed by atoms with Crippen molar-refractivity contribution >= 4 is 18.3 Å². The second-order valence-corrected chi connectivity index (χ2v) is 4.29. The summed E-state index contributed by atoms with van der Waals surface area (Å²) in [6.07, 6.45) is 2.13. The predicted octanol–water partition coefficient (Wildman–Crippen LogP) is 1.77. The maximum absolute atomic E-state index is 11.8. The third-order valence-electron chi connectivity index (χ3n) is 3.29. The van der Waals surface area contributed by atoms with Crippen LogP contribution in [0.25, 0.3) is 0 Å². The highest BCUT2D eigenvalue weighted by Crippen LogP contribution is 2.34. The first-order valence-corrected chi connectivity index (χ1v) is 5.72. The van der Waals surface area contributed by atoms with Crippen molar-refractivity contribution in [3.05, 3.63) is 35.4 Å². The lowest BCUT2D eigenvalue weighted by Crippen LogP contribution is -2.36. The van der Waals surface area contributed by atoms with Gasteiger partial charge in [-0.25, -0.2) is 0 Å². The first kappa shape index (κ1) is 14.0. The second kappa shape index (κ2) is 6.03. The van der Waals surface area contributed by atoms with Crippen LogP contribution in [0.15, 0.2) is 24.3 Å². The van der Waals surface area contributed by atoms with E-state index in [4.69, 9.17) is 0 Å². The Labute approximate surface area is 109 Å². The summed E-state index contributed by atoms with van der Waals surface area (Å²) in [4.78, 5) is 13.7. The minimum Gasteiger partial charge on any atom is -0.338 e. The van der Waals surface area contributed by atoms with Crippen LogP contribution in [0.3, 0.4) is 0 Å². The molecule has 0 bridgehead atoms. The highest BCUT2D eigenvalue weighted by atomic mass is 35.5. The number of hydrogen-bond donors (Lipinski definition) is 1. The number of likely N-dealkylation sites (N-methyl/N-ethyl adjacent to an activating group) is 2. The fourth-order valence-electron chi connectivity index (χ4n) is 2.39. The van der Waals surface area contributed by atoms with Crippen molar-refractivity contribution in [2.24, 2.45) is 0 Å². The second-order valence-electron chi connectivity index (χ2n) is 4.29. The molecular weight excluding hydrogens is 236 g/mol. The number of carbonyl (C=O) groups is 1. The Balaban J connectivity index is 0.00000144. The van der Waals surface area contributed by atoms with E-state index in [0.717, 1.165) is 12.8 Å². The van der Waals surface area contributed by atoms with Gasteiger partial charge in [0.05, 0.1) is 12.6 Å². The Bertz CT molecular complexity index is 395. The van der Waals surface area contributed by atoms with E-state index in [0.29, 0.717) is 6.54 Å². The Hall–Kier alpha value is -1.06. The topological polar surface area (TPSA) is 32.3 Å². The van der Waals surface area contributed by atoms with Crippen LogP contribution in [0.5, 0.6) is 0 Å². The quantitative estimate of drug-likeness (QED) is 0.892. The van der Waals surface area contributed by atoms with Crippen LogP contribution in [0.4, 0.5) is 0 Å². The van der Waals surface area contributed by atoms with Crippen LogP contribution in [-0.2, 0) is 11.2 Å². The van der Waals surface area contributed by atoms with Gasteiger partial charge in [0.25, 0.3) is 0 Å². The van der Waals surface area contributed by atoms with E-state index in [2.05, 4.69) is 23.5 Å². The molecule has 0 heterocycles. The largest absolute Gasteiger partial charge is 0.338 e. The number of nitrogens with zero attached hydrogens (tertiary/aromatic N) is 1. The minimum absolute atomic E-state index is 0. The lowest BCUT2D eigenvalue weighted by molar-refractivity contribution is -0.131. The zero-order valence-electron chi connectivity index (χ0n) is 10.3. The van der Waals surface area contributed by atoms with Crippen molar-refractivity contribution in [3.63, 3.8) is 0 Å². The highest BCUT2D eigenvalue weighted by Gasteiger charge is 2.27. The Kier molecular flexibility index (Phi) is 4.97. The van der Waals surface area contributed by atoms with E-state index in [1.165, 1.54) is 11.1 Å². The summed E-state index contributed by atoms with van der Waals surface area (Å²) >= 11 is 0. The summed E-state index contributed by atoms with van der Waals surface area (Å²) in [5.41, 5.74) is 2.70. The summed E-state index contributed by atoms with van der Waals surface area (Å²) in [6, 6.07) is 8.67. The zero-order valence-corrected chi connectivity index (χ0v) is 11.1. The molecule has 1 unspecified atom stereocenters. The molecule has 1 atom stereocenters. The lowest BCUT2D eigenvalue weighted by atomic mass is 10.1. The Morgan fingerprint density at radius 3 is 2.88 bits per heavy atom. The molecule has 1 N–H and O–H groups in total. The smallest absolute Gasteiger partial charge is 0.236 e. The Morgan fingerprint density at radius 2 is 2.18 bits per heavy atom. The maximum Gasteiger partial charge on any atom is 0.236 e. The van der Waals surface area contributed by atoms with Gasteiger partial charge in [-0.3, -0.25) is 4.79 Å². The van der Waals surface area contributed by atoms with Crippen molar-refractivity contribution in [2.75, 3.05) is 20.6 Å². The number of halogens is 1. The molecule has 0 fully saturated rings. The number of hydrogen-bond acceptors (Lipinski definition) is 2. The molecule has 0 aliphatic heterocycles. The van der Waals surface area contributed by atoms with Crippen LogP contribution in [0.1, 0.15) is 23.6 Å². The average molecular weight is 255 g/mol. The molecule has 3 nitrogen and oxygen atoms in total. The summed E-state index contributed by atoms with van der Waals surface area (Å²) in [7, 11) is 3.70. The molecular formula is C13H19ClN2O. The average Bonchev–Trinajstić information content (AvgIpc) is 2.72. The maximum atomic E-state index is 11.8. The van der Waals surface area contributed by atoms with Crippen LogP contribution >= 0.6 is 12.4 Å². The summed E-state index contributed by atoms with van der Waals surface area (Å²) < 4.78 is 0. The molecule has 17 heavy (non-hydrogen) atoms. The number of nitrogens with one attached hydrogen (secondary N) is 1. The highest BCUT2D eigenvalue weighted by molar-refractivity contribution is 5.85. The number of amides is 1. The summed E-state index contributed by atoms with van der Waals surface area (Å²) in [6.45, 7) is 0.412. The van der Waals surface area contributed by atoms with Gasteiger partial charge in [0.1, 0.15) is 0 Å². The van der Waals surface area contributed by atoms with Gasteiger partial charge < -0.3 is 10.2 Å². The van der Waals surface area contributed by atoms with E-state index in [-0.39, 0.29) is 24.4 Å². The van der Waals surface area contributed by atoms with Gasteiger partial charge in [-0.05, 0) is 31.0 Å². The molecule has 0 spiro atoms. The molecule has 1 aromatic rings. The fraction of sp³-hybridized carbons (Fsp3) is 0.462. The van der Waals surface area contributed by atoms with Crippen molar-refractivity contribution < 1.29 is 4.79 Å². The third-order valence-corrected chi connectivity index (χ3v) is 3.29. The van der Waals surface area contributed by atoms with E-state index in [1.807, 2.05) is 18.0 Å². The SMILES string of the molecule is CNCC(=O)N(C)C1CCc2ccccc21.Cl. The van der Waals surface area contributed by atoms with Crippen LogP contribution in [0, 0.1) is 0 Å². The van der Waals surface area contributed by atoms with Crippen molar-refractivity contribution in [1.29, 1.82) is 0 Å². The van der Waals surface area contributed by atoms with E-state index >= 15 is 0 Å². The van der Waals surface area contributed by atoms with Crippen LogP contribution in [-0.4, -0.2) is 31.4 Å². The molecule has 0 aromatic heterocycles. The first-order valence-electron chi connectivity index (χ1n) is 5.72. The van der Waals surface area contributed by atoms with Crippen LogP contribution in [0.2, 0.25) is 0 Å². The van der Waals surface area contributed by atoms with Gasteiger partial charge in [0.2, 0.25) is 5.91 Å². The van der Waals surface area contributed by atoms with Crippen molar-refractivity contribution in [2.45, 2.75) is 18.9 Å². The monoisotopic (exact) mass is 254 g/mol. The Morgan fingerprint density at radius 1 is 1.47 bits per heavy atom. The van der Waals surface area contributed by atoms with Gasteiger partial charge in [-0.1, -0.05) is 24.3 Å². The van der Waals surface area contributed by atoms with E-state index in [9.17, 15) is 4.79 Å². The summed E-state index contributed by atoms with van der Waals surface area (Å²) in [5.74, 6) is 0.157. The first-order chi connectivity index (χ1) is 7.74. The van der Waals surface area contributed by atoms with Gasteiger partial charge in [0.15, 0.2) is 0 Å². The molecule has 4 heteroatoms. The van der Waals surface area contributed by atoms with Gasteiger partial charge in [-0.2, -0.15) is 0 Å². The fourth-order valence-corrected chi connectivity index (χ4v) is 2.39. The molecule has 1 aliphatic rings. The number of fused-ring (bicyclic) bond motifs is 1. The zero-order chi connectivity index (χ0) is 11.5. The normalized spacial score (nSPS) is 17.2. The molecule has 0 radical (unpaired) electrons.